The Morgan fingerprint density at radius 2 is 1.93 bits per heavy atom. The molecule has 3 saturated heterocycles. The summed E-state index contributed by atoms with van der Waals surface area (Å²) < 4.78 is 6.41. The van der Waals surface area contributed by atoms with E-state index in [0.717, 1.165) is 69.7 Å². The Morgan fingerprint density at radius 1 is 1.12 bits per heavy atom. The Kier molecular flexibility index (Phi) is 6.60. The molecule has 0 radical (unpaired) electrons. The number of aliphatic imine (C=N–C) groups is 1. The van der Waals surface area contributed by atoms with E-state index < -0.39 is 11.6 Å². The first-order valence-electron chi connectivity index (χ1n) is 14.8. The van der Waals surface area contributed by atoms with Gasteiger partial charge in [0, 0.05) is 29.4 Å². The average Bonchev–Trinajstić information content (AvgIpc) is 3.75. The number of hydrogen-bond acceptors (Lipinski definition) is 11. The molecule has 4 aliphatic heterocycles. The molecular formula is C29H38N8O2S. The van der Waals surface area contributed by atoms with Crippen molar-refractivity contribution in [1.29, 1.82) is 5.26 Å². The van der Waals surface area contributed by atoms with Crippen LogP contribution in [0.4, 0.5) is 10.8 Å². The summed E-state index contributed by atoms with van der Waals surface area (Å²) in [4.78, 5) is 27.0. The molecule has 6 heterocycles. The molecule has 212 valence electrons. The van der Waals surface area contributed by atoms with Gasteiger partial charge in [0.1, 0.15) is 29.2 Å². The van der Waals surface area contributed by atoms with Gasteiger partial charge >= 0.3 is 6.01 Å². The average molecular weight is 563 g/mol. The molecule has 0 bridgehead atoms. The fraction of sp³-hybridized carbons (Fsp3) is 0.655. The molecule has 2 aromatic rings. The number of aromatic nitrogens is 2. The van der Waals surface area contributed by atoms with Gasteiger partial charge in [0.2, 0.25) is 0 Å². The molecule has 10 nitrogen and oxygen atoms in total. The smallest absolute Gasteiger partial charge is 0.319 e. The van der Waals surface area contributed by atoms with Crippen LogP contribution in [0.15, 0.2) is 11.1 Å². The van der Waals surface area contributed by atoms with Gasteiger partial charge in [-0.3, -0.25) is 4.90 Å². The number of piperidine rings is 1. The third-order valence-corrected chi connectivity index (χ3v) is 10.8. The summed E-state index contributed by atoms with van der Waals surface area (Å²) in [5.41, 5.74) is 11.2. The molecular weight excluding hydrogens is 524 g/mol. The number of ether oxygens (including phenoxy) is 1. The lowest BCUT2D eigenvalue weighted by molar-refractivity contribution is -0.0144. The highest BCUT2D eigenvalue weighted by atomic mass is 32.1. The van der Waals surface area contributed by atoms with Gasteiger partial charge in [-0.25, -0.2) is 15.3 Å². The minimum Gasteiger partial charge on any atom is -0.461 e. The van der Waals surface area contributed by atoms with Crippen molar-refractivity contribution in [3.8, 4) is 12.1 Å². The Bertz CT molecular complexity index is 1350. The van der Waals surface area contributed by atoms with Crippen LogP contribution in [-0.2, 0) is 16.7 Å². The van der Waals surface area contributed by atoms with Crippen molar-refractivity contribution in [3.63, 3.8) is 0 Å². The first kappa shape index (κ1) is 26.0. The molecule has 2 atom stereocenters. The summed E-state index contributed by atoms with van der Waals surface area (Å²) in [6, 6.07) is 4.75. The fourth-order valence-electron chi connectivity index (χ4n) is 7.59. The van der Waals surface area contributed by atoms with E-state index in [9.17, 15) is 5.26 Å². The van der Waals surface area contributed by atoms with Crippen molar-refractivity contribution in [3.05, 3.63) is 27.8 Å². The molecule has 3 fully saturated rings. The molecule has 0 saturated carbocycles. The zero-order chi connectivity index (χ0) is 27.3. The van der Waals surface area contributed by atoms with Crippen LogP contribution in [0.25, 0.3) is 0 Å². The van der Waals surface area contributed by atoms with Crippen molar-refractivity contribution in [1.82, 2.24) is 20.3 Å². The van der Waals surface area contributed by atoms with Gasteiger partial charge in [0.05, 0.1) is 11.1 Å². The summed E-state index contributed by atoms with van der Waals surface area (Å²) in [6.07, 6.45) is 10.7. The number of nitrogens with two attached hydrogens (primary N) is 1. The molecule has 2 aromatic heterocycles. The Balaban J connectivity index is 1.20. The lowest BCUT2D eigenvalue weighted by Gasteiger charge is -2.36. The summed E-state index contributed by atoms with van der Waals surface area (Å²) in [6.45, 7) is 7.03. The van der Waals surface area contributed by atoms with E-state index in [4.69, 9.17) is 30.3 Å². The van der Waals surface area contributed by atoms with Crippen molar-refractivity contribution in [2.24, 2.45) is 4.99 Å². The Hall–Kier alpha value is -2.94. The molecule has 40 heavy (non-hydrogen) atoms. The zero-order valence-corrected chi connectivity index (χ0v) is 24.1. The third-order valence-electron chi connectivity index (χ3n) is 9.75. The van der Waals surface area contributed by atoms with Crippen LogP contribution in [0.3, 0.4) is 0 Å². The number of amidine groups is 1. The molecule has 0 amide bonds. The van der Waals surface area contributed by atoms with E-state index in [-0.39, 0.29) is 5.54 Å². The quantitative estimate of drug-likeness (QED) is 0.539. The number of aryl methyl sites for hydroxylation is 1. The van der Waals surface area contributed by atoms with E-state index in [0.29, 0.717) is 34.7 Å². The van der Waals surface area contributed by atoms with Crippen LogP contribution in [0.5, 0.6) is 6.01 Å². The number of nitriles is 1. The van der Waals surface area contributed by atoms with Crippen molar-refractivity contribution in [2.45, 2.75) is 88.3 Å². The number of fused-ring (bicyclic) bond motifs is 2. The number of hydrogen-bond donors (Lipinski definition) is 2. The number of rotatable bonds is 6. The molecule has 5 aliphatic rings. The predicted octanol–water partition coefficient (Wildman–Crippen LogP) is 3.89. The zero-order valence-electron chi connectivity index (χ0n) is 23.2. The molecule has 0 spiro atoms. The van der Waals surface area contributed by atoms with Crippen LogP contribution >= 0.6 is 11.3 Å². The lowest BCUT2D eigenvalue weighted by Crippen LogP contribution is -2.43. The van der Waals surface area contributed by atoms with Crippen molar-refractivity contribution < 1.29 is 9.57 Å². The third kappa shape index (κ3) is 4.32. The molecule has 3 N–H and O–H groups in total. The summed E-state index contributed by atoms with van der Waals surface area (Å²) in [5, 5.41) is 10.5. The summed E-state index contributed by atoms with van der Waals surface area (Å²) >= 11 is 1.53. The van der Waals surface area contributed by atoms with Crippen LogP contribution in [-0.4, -0.2) is 65.3 Å². The monoisotopic (exact) mass is 562 g/mol. The van der Waals surface area contributed by atoms with Gasteiger partial charge in [-0.2, -0.15) is 15.2 Å². The fourth-order valence-corrected chi connectivity index (χ4v) is 8.79. The standard InChI is InChI=1S/C29H38N8O2S/c1-28(9-5-8-21-23(28)19(17-30)24(31)40-21)26-34-25(35-39-26)20-16-22(36-12-3-2-4-13-36)33-27(32-20)38-18-29-10-6-14-37(29)15-7-11-29/h16,26H,2-15,18,31H2,1H3,(H,34,35). The first-order valence-corrected chi connectivity index (χ1v) is 15.6. The highest BCUT2D eigenvalue weighted by molar-refractivity contribution is 7.16. The normalized spacial score (nSPS) is 27.6. The van der Waals surface area contributed by atoms with Crippen LogP contribution in [0.2, 0.25) is 0 Å². The van der Waals surface area contributed by atoms with E-state index in [2.05, 4.69) is 28.3 Å². The number of nitrogens with zero attached hydrogens (tertiary/aromatic N) is 6. The highest BCUT2D eigenvalue weighted by Crippen LogP contribution is 2.48. The molecule has 1 aliphatic carbocycles. The summed E-state index contributed by atoms with van der Waals surface area (Å²) in [5.74, 6) is 1.45. The van der Waals surface area contributed by atoms with Gasteiger partial charge < -0.3 is 15.4 Å². The second kappa shape index (κ2) is 10.2. The van der Waals surface area contributed by atoms with E-state index in [1.54, 1.807) is 0 Å². The van der Waals surface area contributed by atoms with Gasteiger partial charge in [0.25, 0.3) is 0 Å². The predicted molar refractivity (Wildman–Crippen MR) is 155 cm³/mol. The van der Waals surface area contributed by atoms with Crippen molar-refractivity contribution >= 4 is 28.0 Å². The second-order valence-electron chi connectivity index (χ2n) is 12.2. The molecule has 11 heteroatoms. The summed E-state index contributed by atoms with van der Waals surface area (Å²) in [7, 11) is 0. The minimum atomic E-state index is -0.496. The van der Waals surface area contributed by atoms with Crippen LogP contribution < -0.4 is 20.9 Å². The van der Waals surface area contributed by atoms with Crippen molar-refractivity contribution in [2.75, 3.05) is 43.4 Å². The highest BCUT2D eigenvalue weighted by Gasteiger charge is 2.47. The van der Waals surface area contributed by atoms with E-state index >= 15 is 0 Å². The maximum absolute atomic E-state index is 9.88. The maximum atomic E-state index is 9.88. The molecule has 7 rings (SSSR count). The minimum absolute atomic E-state index is 0.121. The SMILES string of the molecule is CC1(C2N=C(c3cc(N4CCCCC4)nc(OCC45CCCN4CCC5)n3)NO2)CCCc2sc(N)c(C#N)c21. The number of nitrogens with one attached hydrogen (secondary N) is 1. The van der Waals surface area contributed by atoms with E-state index in [1.807, 2.05) is 6.07 Å². The Labute approximate surface area is 239 Å². The second-order valence-corrected chi connectivity index (χ2v) is 13.4. The van der Waals surface area contributed by atoms with Gasteiger partial charge in [0.15, 0.2) is 12.1 Å². The van der Waals surface area contributed by atoms with Crippen LogP contribution in [0.1, 0.15) is 86.4 Å². The number of anilines is 2. The topological polar surface area (TPSA) is 125 Å². The first-order chi connectivity index (χ1) is 19.5. The maximum Gasteiger partial charge on any atom is 0.319 e. The number of hydroxylamine groups is 1. The van der Waals surface area contributed by atoms with Gasteiger partial charge in [-0.15, -0.1) is 11.3 Å². The van der Waals surface area contributed by atoms with Crippen LogP contribution in [0, 0.1) is 11.3 Å². The number of nitrogen functional groups attached to an aromatic ring is 1. The number of thiophene rings is 1. The molecule has 2 unspecified atom stereocenters. The van der Waals surface area contributed by atoms with Gasteiger partial charge in [-0.05, 0) is 82.9 Å². The molecule has 0 aromatic carbocycles. The largest absolute Gasteiger partial charge is 0.461 e. The Morgan fingerprint density at radius 3 is 2.70 bits per heavy atom. The van der Waals surface area contributed by atoms with E-state index in [1.165, 1.54) is 48.3 Å². The lowest BCUT2D eigenvalue weighted by atomic mass is 9.71. The van der Waals surface area contributed by atoms with Gasteiger partial charge in [-0.1, -0.05) is 6.92 Å².